The third kappa shape index (κ3) is 21.8. The zero-order valence-electron chi connectivity index (χ0n) is 43.7. The van der Waals surface area contributed by atoms with E-state index in [2.05, 4.69) is 155 Å². The van der Waals surface area contributed by atoms with Crippen LogP contribution in [0.25, 0.3) is 0 Å². The summed E-state index contributed by atoms with van der Waals surface area (Å²) >= 11 is 0. The molecule has 6 heteroatoms. The Morgan fingerprint density at radius 1 is 0.407 bits per heavy atom. The van der Waals surface area contributed by atoms with Crippen LogP contribution in [0.15, 0.2) is 0 Å². The van der Waals surface area contributed by atoms with Gasteiger partial charge in [-0.15, -0.1) is 0 Å². The summed E-state index contributed by atoms with van der Waals surface area (Å²) < 4.78 is 0. The maximum Gasteiger partial charge on any atom is 0.00951 e. The van der Waals surface area contributed by atoms with Crippen LogP contribution in [0.2, 0.25) is 0 Å². The predicted molar refractivity (Wildman–Crippen MR) is 264 cm³/mol. The number of piperidine rings is 2. The van der Waals surface area contributed by atoms with Crippen LogP contribution >= 0.6 is 0 Å². The van der Waals surface area contributed by atoms with Crippen molar-refractivity contribution in [1.82, 2.24) is 29.4 Å². The maximum atomic E-state index is 2.50. The molecule has 7 aliphatic rings. The van der Waals surface area contributed by atoms with Gasteiger partial charge in [0.05, 0.1) is 0 Å². The van der Waals surface area contributed by atoms with Crippen molar-refractivity contribution in [2.75, 3.05) is 114 Å². The van der Waals surface area contributed by atoms with Crippen molar-refractivity contribution in [2.45, 2.75) is 160 Å². The Balaban J connectivity index is 0.000000244. The Hall–Kier alpha value is -0.240. The van der Waals surface area contributed by atoms with E-state index in [1.54, 1.807) is 0 Å². The van der Waals surface area contributed by atoms with Crippen LogP contribution in [0.4, 0.5) is 0 Å². The quantitative estimate of drug-likeness (QED) is 0.241. The topological polar surface area (TPSA) is 19.4 Å². The van der Waals surface area contributed by atoms with E-state index in [0.29, 0.717) is 0 Å². The van der Waals surface area contributed by atoms with Crippen molar-refractivity contribution < 1.29 is 0 Å². The summed E-state index contributed by atoms with van der Waals surface area (Å²) in [5.74, 6) is 10.3. The van der Waals surface area contributed by atoms with Gasteiger partial charge in [0.1, 0.15) is 0 Å². The van der Waals surface area contributed by atoms with Crippen molar-refractivity contribution in [3.8, 4) is 0 Å². The fourth-order valence-electron chi connectivity index (χ4n) is 11.3. The molecule has 3 unspecified atom stereocenters. The fourth-order valence-corrected chi connectivity index (χ4v) is 11.3. The molecule has 0 bridgehead atoms. The van der Waals surface area contributed by atoms with Gasteiger partial charge in [0, 0.05) is 45.3 Å². The molecule has 6 saturated heterocycles. The molecule has 1 saturated carbocycles. The Bertz CT molecular complexity index is 1030. The van der Waals surface area contributed by atoms with Gasteiger partial charge < -0.3 is 29.4 Å². The van der Waals surface area contributed by atoms with Gasteiger partial charge in [-0.25, -0.2) is 0 Å². The lowest BCUT2D eigenvalue weighted by Crippen LogP contribution is -2.61. The van der Waals surface area contributed by atoms with Crippen molar-refractivity contribution in [3.05, 3.63) is 0 Å². The van der Waals surface area contributed by atoms with Crippen LogP contribution in [-0.2, 0) is 0 Å². The molecule has 6 aliphatic heterocycles. The highest BCUT2D eigenvalue weighted by molar-refractivity contribution is 5.03. The molecular formula is C53H110N6. The molecule has 0 N–H and O–H groups in total. The van der Waals surface area contributed by atoms with Gasteiger partial charge >= 0.3 is 0 Å². The normalized spacial score (nSPS) is 27.6. The zero-order chi connectivity index (χ0) is 44.4. The lowest BCUT2D eigenvalue weighted by Gasteiger charge is -2.59. The molecule has 0 aromatic heterocycles. The van der Waals surface area contributed by atoms with Crippen LogP contribution in [-0.4, -0.2) is 150 Å². The van der Waals surface area contributed by atoms with Crippen molar-refractivity contribution in [3.63, 3.8) is 0 Å². The van der Waals surface area contributed by atoms with Crippen LogP contribution in [0.5, 0.6) is 0 Å². The van der Waals surface area contributed by atoms with Gasteiger partial charge in [-0.05, 0) is 216 Å². The van der Waals surface area contributed by atoms with Gasteiger partial charge in [0.15, 0.2) is 0 Å². The van der Waals surface area contributed by atoms with Crippen molar-refractivity contribution in [1.29, 1.82) is 0 Å². The molecule has 7 rings (SSSR count). The highest BCUT2D eigenvalue weighted by Crippen LogP contribution is 2.53. The van der Waals surface area contributed by atoms with Crippen LogP contribution in [0.3, 0.4) is 0 Å². The average molecular weight is 832 g/mol. The average Bonchev–Trinajstić information content (AvgIpc) is 3.73. The molecule has 6 heterocycles. The smallest absolute Gasteiger partial charge is 0.00951 e. The monoisotopic (exact) mass is 831 g/mol. The SMILES string of the molecule is CC(C)C1CC2(C1)CN(C)C2.CC(C)C1CCCN(C)C1.CC(C)C1CCN(C)C1.CC(C)C1CCN(C)CC1.CC(C)CC1CCCN1C.CC(C)CC1CN(C)C1. The van der Waals surface area contributed by atoms with Crippen molar-refractivity contribution >= 4 is 0 Å². The molecule has 352 valence electrons. The van der Waals surface area contributed by atoms with E-state index >= 15 is 0 Å². The summed E-state index contributed by atoms with van der Waals surface area (Å²) in [6.07, 6.45) is 15.7. The van der Waals surface area contributed by atoms with Crippen LogP contribution in [0, 0.1) is 70.5 Å². The molecule has 0 amide bonds. The second kappa shape index (κ2) is 27.8. The Morgan fingerprint density at radius 2 is 0.847 bits per heavy atom. The number of likely N-dealkylation sites (tertiary alicyclic amines) is 6. The number of hydrogen-bond donors (Lipinski definition) is 0. The van der Waals surface area contributed by atoms with Crippen molar-refractivity contribution in [2.24, 2.45) is 70.5 Å². The Kier molecular flexibility index (Phi) is 25.9. The van der Waals surface area contributed by atoms with Gasteiger partial charge in [-0.1, -0.05) is 83.1 Å². The number of hydrogen-bond acceptors (Lipinski definition) is 6. The van der Waals surface area contributed by atoms with E-state index in [4.69, 9.17) is 0 Å². The minimum atomic E-state index is 0.795. The van der Waals surface area contributed by atoms with Crippen LogP contribution < -0.4 is 0 Å². The first kappa shape index (κ1) is 54.9. The molecule has 6 nitrogen and oxygen atoms in total. The van der Waals surface area contributed by atoms with Gasteiger partial charge in [0.25, 0.3) is 0 Å². The lowest BCUT2D eigenvalue weighted by molar-refractivity contribution is -0.0940. The Morgan fingerprint density at radius 3 is 1.20 bits per heavy atom. The second-order valence-electron chi connectivity index (χ2n) is 24.1. The summed E-state index contributed by atoms with van der Waals surface area (Å²) in [4.78, 5) is 14.6. The molecule has 0 radical (unpaired) electrons. The molecule has 1 aliphatic carbocycles. The van der Waals surface area contributed by atoms with E-state index < -0.39 is 0 Å². The largest absolute Gasteiger partial charge is 0.306 e. The number of nitrogens with zero attached hydrogens (tertiary/aromatic N) is 6. The predicted octanol–water partition coefficient (Wildman–Crippen LogP) is 11.3. The molecule has 1 spiro atoms. The summed E-state index contributed by atoms with van der Waals surface area (Å²) in [6.45, 7) is 42.6. The highest BCUT2D eigenvalue weighted by atomic mass is 15.2. The molecular weight excluding hydrogens is 721 g/mol. The van der Waals surface area contributed by atoms with Gasteiger partial charge in [-0.3, -0.25) is 0 Å². The molecule has 59 heavy (non-hydrogen) atoms. The maximum absolute atomic E-state index is 2.50. The molecule has 0 aromatic rings. The standard InChI is InChI=1S/C10H19N.3C9H19N.2C8H17N/c1-8(2)9-4-10(5-9)6-11(3)7-10;1-8(2)9-4-6-10(3)7-5-9;1-8(2)9-5-4-6-10(3)7-9;1-8(2)7-9-5-4-6-10(9)3;1-7(2)4-8-5-9(3)6-8;1-7(2)8-4-5-9(3)6-8/h8-9H,4-7H2,1-3H3;3*8-9H,4-7H2,1-3H3;2*7-8H,4-6H2,1-3H3. The molecule has 3 atom stereocenters. The first-order chi connectivity index (χ1) is 27.6. The van der Waals surface area contributed by atoms with Crippen LogP contribution in [0.1, 0.15) is 154 Å². The van der Waals surface area contributed by atoms with E-state index in [0.717, 1.165) is 76.6 Å². The Labute approximate surface area is 372 Å². The third-order valence-electron chi connectivity index (χ3n) is 15.6. The van der Waals surface area contributed by atoms with E-state index in [9.17, 15) is 0 Å². The first-order valence-electron chi connectivity index (χ1n) is 25.7. The molecule has 7 fully saturated rings. The number of rotatable bonds is 8. The fraction of sp³-hybridized carbons (Fsp3) is 1.00. The minimum Gasteiger partial charge on any atom is -0.306 e. The van der Waals surface area contributed by atoms with E-state index in [1.165, 1.54) is 143 Å². The minimum absolute atomic E-state index is 0.795. The summed E-state index contributed by atoms with van der Waals surface area (Å²) in [7, 11) is 13.3. The van der Waals surface area contributed by atoms with Gasteiger partial charge in [-0.2, -0.15) is 0 Å². The highest BCUT2D eigenvalue weighted by Gasteiger charge is 2.51. The summed E-state index contributed by atoms with van der Waals surface area (Å²) in [5.41, 5.74) is 0.795. The van der Waals surface area contributed by atoms with E-state index in [1.807, 2.05) is 0 Å². The van der Waals surface area contributed by atoms with Gasteiger partial charge in [0.2, 0.25) is 0 Å². The summed E-state index contributed by atoms with van der Waals surface area (Å²) in [6, 6.07) is 0.889. The third-order valence-corrected chi connectivity index (χ3v) is 15.6. The second-order valence-corrected chi connectivity index (χ2v) is 24.1. The van der Waals surface area contributed by atoms with E-state index in [-0.39, 0.29) is 0 Å². The zero-order valence-corrected chi connectivity index (χ0v) is 43.7. The summed E-state index contributed by atoms with van der Waals surface area (Å²) in [5, 5.41) is 0. The lowest BCUT2D eigenvalue weighted by atomic mass is 9.55. The molecule has 0 aromatic carbocycles. The first-order valence-corrected chi connectivity index (χ1v) is 25.7.